The van der Waals surface area contributed by atoms with Gasteiger partial charge in [0.1, 0.15) is 11.1 Å². The summed E-state index contributed by atoms with van der Waals surface area (Å²) < 4.78 is 1.02. The molecular formula is C26H21N5O2S4. The van der Waals surface area contributed by atoms with Gasteiger partial charge in [0.15, 0.2) is 5.13 Å². The summed E-state index contributed by atoms with van der Waals surface area (Å²) in [5.74, 6) is -0.0472. The van der Waals surface area contributed by atoms with E-state index < -0.39 is 0 Å². The number of thiophene rings is 2. The Labute approximate surface area is 230 Å². The highest BCUT2D eigenvalue weighted by Crippen LogP contribution is 2.37. The minimum Gasteiger partial charge on any atom is -0.351 e. The van der Waals surface area contributed by atoms with Gasteiger partial charge in [0, 0.05) is 24.5 Å². The molecule has 5 aromatic rings. The van der Waals surface area contributed by atoms with E-state index in [2.05, 4.69) is 16.4 Å². The monoisotopic (exact) mass is 563 g/mol. The number of nitriles is 1. The molecule has 0 saturated carbocycles. The topological polar surface area (TPSA) is 99.0 Å². The van der Waals surface area contributed by atoms with Gasteiger partial charge in [0.25, 0.3) is 0 Å². The predicted octanol–water partition coefficient (Wildman–Crippen LogP) is 6.46. The van der Waals surface area contributed by atoms with Crippen LogP contribution < -0.4 is 5.32 Å². The van der Waals surface area contributed by atoms with Crippen LogP contribution in [0.3, 0.4) is 0 Å². The molecule has 7 nitrogen and oxygen atoms in total. The molecule has 0 radical (unpaired) electrons. The molecular weight excluding hydrogens is 543 g/mol. The Morgan fingerprint density at radius 3 is 2.41 bits per heavy atom. The number of nitrogens with one attached hydrogen (secondary N) is 1. The summed E-state index contributed by atoms with van der Waals surface area (Å²) in [6.07, 6.45) is 0.750. The average Bonchev–Trinajstić information content (AvgIpc) is 3.68. The van der Waals surface area contributed by atoms with Gasteiger partial charge in [-0.15, -0.1) is 22.7 Å². The van der Waals surface area contributed by atoms with Gasteiger partial charge in [-0.25, -0.2) is 9.97 Å². The summed E-state index contributed by atoms with van der Waals surface area (Å²) in [6, 6.07) is 20.0. The molecule has 186 valence electrons. The molecule has 37 heavy (non-hydrogen) atoms. The van der Waals surface area contributed by atoms with Crippen molar-refractivity contribution in [3.8, 4) is 27.1 Å². The number of nitrogens with zero attached hydrogens (tertiary/aromatic N) is 4. The molecule has 4 heterocycles. The second kappa shape index (κ2) is 12.6. The van der Waals surface area contributed by atoms with Crippen LogP contribution in [0.1, 0.15) is 5.56 Å². The summed E-state index contributed by atoms with van der Waals surface area (Å²) >= 11 is 5.88. The molecule has 2 amide bonds. The van der Waals surface area contributed by atoms with Gasteiger partial charge in [-0.3, -0.25) is 9.59 Å². The lowest BCUT2D eigenvalue weighted by Gasteiger charge is -2.10. The van der Waals surface area contributed by atoms with Crippen molar-refractivity contribution in [1.82, 2.24) is 14.9 Å². The molecule has 0 bridgehead atoms. The standard InChI is InChI=1S/C23H14N4OS4.C3H7NO/c24-12-15-14(18-7-3-9-29-18)11-17(19-8-4-10-30-19)25-22(15)31-13-21(28)27-23-26-16-5-1-2-6-20(16)32-23;1-4(2)3-5/h1-11H,13H2,(H,26,27,28);3H,1-2H3. The largest absolute Gasteiger partial charge is 0.351 e. The fourth-order valence-corrected chi connectivity index (χ4v) is 6.25. The molecule has 0 atom stereocenters. The molecule has 0 unspecified atom stereocenters. The van der Waals surface area contributed by atoms with E-state index in [0.717, 1.165) is 37.6 Å². The van der Waals surface area contributed by atoms with E-state index in [1.165, 1.54) is 28.0 Å². The number of rotatable bonds is 7. The van der Waals surface area contributed by atoms with Gasteiger partial charge in [-0.1, -0.05) is 47.4 Å². The fourth-order valence-electron chi connectivity index (χ4n) is 3.13. The Hall–Kier alpha value is -3.56. The predicted molar refractivity (Wildman–Crippen MR) is 154 cm³/mol. The van der Waals surface area contributed by atoms with E-state index in [0.29, 0.717) is 15.7 Å². The normalized spacial score (nSPS) is 10.3. The molecule has 0 fully saturated rings. The van der Waals surface area contributed by atoms with Crippen LogP contribution in [0, 0.1) is 11.3 Å². The maximum atomic E-state index is 12.6. The molecule has 0 aliphatic rings. The van der Waals surface area contributed by atoms with Crippen molar-refractivity contribution in [2.24, 2.45) is 0 Å². The van der Waals surface area contributed by atoms with Crippen LogP contribution in [0.15, 0.2) is 70.4 Å². The number of carbonyl (C=O) groups is 2. The maximum Gasteiger partial charge on any atom is 0.236 e. The molecule has 0 aliphatic carbocycles. The number of fused-ring (bicyclic) bond motifs is 1. The lowest BCUT2D eigenvalue weighted by atomic mass is 10.1. The number of hydrogen-bond acceptors (Lipinski definition) is 9. The Balaban J connectivity index is 0.000000586. The Kier molecular flexibility index (Phi) is 9.03. The van der Waals surface area contributed by atoms with Crippen LogP contribution in [0.2, 0.25) is 0 Å². The lowest BCUT2D eigenvalue weighted by molar-refractivity contribution is -0.116. The molecule has 1 N–H and O–H groups in total. The highest BCUT2D eigenvalue weighted by molar-refractivity contribution is 8.00. The first-order chi connectivity index (χ1) is 18.0. The lowest BCUT2D eigenvalue weighted by Crippen LogP contribution is -2.14. The first kappa shape index (κ1) is 26.5. The van der Waals surface area contributed by atoms with Crippen LogP contribution in [0.4, 0.5) is 5.13 Å². The number of thioether (sulfide) groups is 1. The van der Waals surface area contributed by atoms with E-state index >= 15 is 0 Å². The number of amides is 2. The minimum absolute atomic E-state index is 0.134. The SMILES string of the molecule is CN(C)C=O.N#Cc1c(-c2cccs2)cc(-c2cccs2)nc1SCC(=O)Nc1nc2ccccc2s1. The Morgan fingerprint density at radius 1 is 1.08 bits per heavy atom. The van der Waals surface area contributed by atoms with Crippen molar-refractivity contribution < 1.29 is 9.59 Å². The summed E-state index contributed by atoms with van der Waals surface area (Å²) in [7, 11) is 3.38. The van der Waals surface area contributed by atoms with Crippen molar-refractivity contribution in [2.75, 3.05) is 25.2 Å². The number of thiazole rings is 1. The van der Waals surface area contributed by atoms with E-state index in [4.69, 9.17) is 4.98 Å². The minimum atomic E-state index is -0.182. The van der Waals surface area contributed by atoms with E-state index in [9.17, 15) is 14.9 Å². The third-order valence-corrected chi connectivity index (χ3v) is 8.47. The Morgan fingerprint density at radius 2 is 1.78 bits per heavy atom. The van der Waals surface area contributed by atoms with Gasteiger partial charge >= 0.3 is 0 Å². The third kappa shape index (κ3) is 6.81. The van der Waals surface area contributed by atoms with E-state index in [1.807, 2.05) is 65.4 Å². The Bertz CT molecular complexity index is 1500. The van der Waals surface area contributed by atoms with Crippen molar-refractivity contribution in [1.29, 1.82) is 5.26 Å². The fraction of sp³-hybridized carbons (Fsp3) is 0.115. The molecule has 1 aromatic carbocycles. The second-order valence-corrected chi connectivity index (χ2v) is 11.6. The summed E-state index contributed by atoms with van der Waals surface area (Å²) in [5, 5.41) is 17.9. The average molecular weight is 564 g/mol. The van der Waals surface area contributed by atoms with Gasteiger partial charge in [0.05, 0.1) is 32.1 Å². The zero-order valence-electron chi connectivity index (χ0n) is 19.9. The number of para-hydroxylation sites is 1. The quantitative estimate of drug-likeness (QED) is 0.180. The van der Waals surface area contributed by atoms with Crippen LogP contribution in [0.5, 0.6) is 0 Å². The van der Waals surface area contributed by atoms with Gasteiger partial charge in [-0.05, 0) is 41.1 Å². The van der Waals surface area contributed by atoms with Crippen molar-refractivity contribution >= 4 is 73.4 Å². The number of pyridine rings is 1. The molecule has 0 spiro atoms. The van der Waals surface area contributed by atoms with Crippen LogP contribution in [0.25, 0.3) is 31.2 Å². The zero-order valence-corrected chi connectivity index (χ0v) is 23.1. The van der Waals surface area contributed by atoms with Gasteiger partial charge in [-0.2, -0.15) is 5.26 Å². The molecule has 11 heteroatoms. The highest BCUT2D eigenvalue weighted by atomic mass is 32.2. The highest BCUT2D eigenvalue weighted by Gasteiger charge is 2.18. The van der Waals surface area contributed by atoms with Gasteiger partial charge in [0.2, 0.25) is 12.3 Å². The first-order valence-electron chi connectivity index (χ1n) is 10.9. The summed E-state index contributed by atoms with van der Waals surface area (Å²) in [6.45, 7) is 0. The van der Waals surface area contributed by atoms with Gasteiger partial charge < -0.3 is 10.2 Å². The number of anilines is 1. The molecule has 4 aromatic heterocycles. The number of carbonyl (C=O) groups excluding carboxylic acids is 2. The van der Waals surface area contributed by atoms with Crippen molar-refractivity contribution in [3.05, 3.63) is 70.9 Å². The van der Waals surface area contributed by atoms with Crippen LogP contribution in [-0.2, 0) is 9.59 Å². The number of hydrogen-bond donors (Lipinski definition) is 1. The summed E-state index contributed by atoms with van der Waals surface area (Å²) in [4.78, 5) is 34.7. The molecule has 5 rings (SSSR count). The molecule has 0 saturated heterocycles. The number of benzene rings is 1. The smallest absolute Gasteiger partial charge is 0.236 e. The second-order valence-electron chi connectivity index (χ2n) is 7.69. The van der Waals surface area contributed by atoms with E-state index in [1.54, 1.807) is 36.8 Å². The van der Waals surface area contributed by atoms with Crippen LogP contribution in [-0.4, -0.2) is 47.0 Å². The van der Waals surface area contributed by atoms with Crippen LogP contribution >= 0.6 is 45.8 Å². The first-order valence-corrected chi connectivity index (χ1v) is 14.5. The maximum absolute atomic E-state index is 12.6. The van der Waals surface area contributed by atoms with E-state index in [-0.39, 0.29) is 11.7 Å². The third-order valence-electron chi connectivity index (χ3n) is 4.75. The zero-order chi connectivity index (χ0) is 26.2. The number of aromatic nitrogens is 2. The molecule has 0 aliphatic heterocycles. The summed E-state index contributed by atoms with van der Waals surface area (Å²) in [5.41, 5.74) is 3.00. The van der Waals surface area contributed by atoms with Crippen molar-refractivity contribution in [3.63, 3.8) is 0 Å². The van der Waals surface area contributed by atoms with Crippen molar-refractivity contribution in [2.45, 2.75) is 5.03 Å².